The number of halogens is 1. The quantitative estimate of drug-likeness (QED) is 0.507. The van der Waals surface area contributed by atoms with Crippen LogP contribution >= 0.6 is 0 Å². The van der Waals surface area contributed by atoms with E-state index >= 15 is 0 Å². The van der Waals surface area contributed by atoms with Crippen molar-refractivity contribution in [1.82, 2.24) is 10.1 Å². The van der Waals surface area contributed by atoms with Gasteiger partial charge in [0, 0.05) is 11.1 Å². The summed E-state index contributed by atoms with van der Waals surface area (Å²) in [5.41, 5.74) is 2.11. The lowest BCUT2D eigenvalue weighted by Gasteiger charge is -2.11. The van der Waals surface area contributed by atoms with E-state index < -0.39 is 11.7 Å². The molecular weight excluding hydrogens is 373 g/mol. The number of ketones is 1. The molecule has 4 aromatic rings. The fraction of sp³-hybridized carbons (Fsp3) is 0.0909. The molecular formula is C22H16FN3O3. The Bertz CT molecular complexity index is 1260. The number of Topliss-reactive ketones (excluding diaryl/α,β-unsaturated/α-hetero) is 1. The standard InChI is InChI=1S/C22H16FN3O3/c1-12-20-16(21(28)24-18-10-6-4-7-14(18)13(2)27)11-19(25-22(20)29-26-12)15-8-3-5-9-17(15)23/h3-11H,1-2H3,(H,24,28). The third-order valence-corrected chi connectivity index (χ3v) is 4.57. The minimum atomic E-state index is -0.477. The topological polar surface area (TPSA) is 85.1 Å². The SMILES string of the molecule is CC(=O)c1ccccc1NC(=O)c1cc(-c2ccccc2F)nc2onc(C)c12. The molecule has 0 fully saturated rings. The lowest BCUT2D eigenvalue weighted by Crippen LogP contribution is -2.15. The predicted octanol–water partition coefficient (Wildman–Crippen LogP) is 4.79. The second-order valence-corrected chi connectivity index (χ2v) is 6.54. The molecule has 0 saturated carbocycles. The highest BCUT2D eigenvalue weighted by atomic mass is 19.1. The van der Waals surface area contributed by atoms with Gasteiger partial charge in [0.2, 0.25) is 0 Å². The van der Waals surface area contributed by atoms with Crippen LogP contribution in [0.15, 0.2) is 59.1 Å². The third kappa shape index (κ3) is 3.38. The molecule has 1 amide bonds. The normalized spacial score (nSPS) is 10.9. The second kappa shape index (κ2) is 7.27. The van der Waals surface area contributed by atoms with Crippen LogP contribution in [0, 0.1) is 12.7 Å². The third-order valence-electron chi connectivity index (χ3n) is 4.57. The molecule has 0 bridgehead atoms. The Kier molecular flexibility index (Phi) is 4.64. The molecule has 0 spiro atoms. The minimum Gasteiger partial charge on any atom is -0.335 e. The van der Waals surface area contributed by atoms with Gasteiger partial charge in [0.25, 0.3) is 11.6 Å². The zero-order valence-electron chi connectivity index (χ0n) is 15.7. The van der Waals surface area contributed by atoms with Crippen molar-refractivity contribution in [2.45, 2.75) is 13.8 Å². The number of amides is 1. The van der Waals surface area contributed by atoms with Crippen LogP contribution in [0.5, 0.6) is 0 Å². The van der Waals surface area contributed by atoms with E-state index in [4.69, 9.17) is 4.52 Å². The maximum Gasteiger partial charge on any atom is 0.259 e. The van der Waals surface area contributed by atoms with E-state index in [9.17, 15) is 14.0 Å². The van der Waals surface area contributed by atoms with Crippen molar-refractivity contribution in [2.75, 3.05) is 5.32 Å². The molecule has 0 aliphatic heterocycles. The molecule has 2 aromatic heterocycles. The van der Waals surface area contributed by atoms with E-state index in [0.717, 1.165) is 0 Å². The van der Waals surface area contributed by atoms with Gasteiger partial charge in [-0.1, -0.05) is 29.4 Å². The highest BCUT2D eigenvalue weighted by Gasteiger charge is 2.21. The van der Waals surface area contributed by atoms with E-state index in [1.165, 1.54) is 19.1 Å². The summed E-state index contributed by atoms with van der Waals surface area (Å²) in [6, 6.07) is 14.4. The number of fused-ring (bicyclic) bond motifs is 1. The van der Waals surface area contributed by atoms with E-state index in [-0.39, 0.29) is 28.3 Å². The van der Waals surface area contributed by atoms with Crippen molar-refractivity contribution in [1.29, 1.82) is 0 Å². The fourth-order valence-electron chi connectivity index (χ4n) is 3.17. The van der Waals surface area contributed by atoms with Crippen LogP contribution in [-0.2, 0) is 0 Å². The zero-order chi connectivity index (χ0) is 20.5. The van der Waals surface area contributed by atoms with Gasteiger partial charge in [-0.3, -0.25) is 9.59 Å². The average Bonchev–Trinajstić information content (AvgIpc) is 3.09. The predicted molar refractivity (Wildman–Crippen MR) is 106 cm³/mol. The van der Waals surface area contributed by atoms with Crippen LogP contribution in [0.3, 0.4) is 0 Å². The van der Waals surface area contributed by atoms with Crippen molar-refractivity contribution >= 4 is 28.5 Å². The lowest BCUT2D eigenvalue weighted by molar-refractivity contribution is 0.101. The number of carbonyl (C=O) groups is 2. The number of hydrogen-bond donors (Lipinski definition) is 1. The van der Waals surface area contributed by atoms with E-state index in [0.29, 0.717) is 22.3 Å². The fourth-order valence-corrected chi connectivity index (χ4v) is 3.17. The van der Waals surface area contributed by atoms with Gasteiger partial charge in [-0.2, -0.15) is 0 Å². The first-order valence-corrected chi connectivity index (χ1v) is 8.89. The molecule has 0 aliphatic rings. The molecule has 4 rings (SSSR count). The Morgan fingerprint density at radius 3 is 2.52 bits per heavy atom. The number of anilines is 1. The number of nitrogens with one attached hydrogen (secondary N) is 1. The first-order valence-electron chi connectivity index (χ1n) is 8.89. The van der Waals surface area contributed by atoms with Gasteiger partial charge in [-0.15, -0.1) is 0 Å². The van der Waals surface area contributed by atoms with E-state index in [1.54, 1.807) is 49.4 Å². The molecule has 0 radical (unpaired) electrons. The number of benzene rings is 2. The highest BCUT2D eigenvalue weighted by molar-refractivity contribution is 6.15. The summed E-state index contributed by atoms with van der Waals surface area (Å²) in [5, 5.41) is 7.08. The minimum absolute atomic E-state index is 0.133. The number of para-hydroxylation sites is 1. The zero-order valence-corrected chi connectivity index (χ0v) is 15.7. The molecule has 0 aliphatic carbocycles. The molecule has 2 aromatic carbocycles. The summed E-state index contributed by atoms with van der Waals surface area (Å²) in [6.07, 6.45) is 0. The van der Waals surface area contributed by atoms with Crippen molar-refractivity contribution in [3.05, 3.63) is 77.2 Å². The largest absolute Gasteiger partial charge is 0.335 e. The van der Waals surface area contributed by atoms with Gasteiger partial charge < -0.3 is 9.84 Å². The number of rotatable bonds is 4. The van der Waals surface area contributed by atoms with Crippen molar-refractivity contribution in [3.8, 4) is 11.3 Å². The first-order chi connectivity index (χ1) is 14.0. The van der Waals surface area contributed by atoms with Crippen molar-refractivity contribution in [2.24, 2.45) is 0 Å². The molecule has 0 saturated heterocycles. The van der Waals surface area contributed by atoms with Crippen LogP contribution in [-0.4, -0.2) is 21.8 Å². The van der Waals surface area contributed by atoms with Gasteiger partial charge in [0.15, 0.2) is 5.78 Å². The van der Waals surface area contributed by atoms with Gasteiger partial charge in [-0.25, -0.2) is 9.37 Å². The molecule has 144 valence electrons. The van der Waals surface area contributed by atoms with E-state index in [2.05, 4.69) is 15.5 Å². The second-order valence-electron chi connectivity index (χ2n) is 6.54. The molecule has 1 N–H and O–H groups in total. The molecule has 2 heterocycles. The number of nitrogens with zero attached hydrogens (tertiary/aromatic N) is 2. The summed E-state index contributed by atoms with van der Waals surface area (Å²) in [4.78, 5) is 29.3. The molecule has 0 unspecified atom stereocenters. The van der Waals surface area contributed by atoms with Gasteiger partial charge >= 0.3 is 0 Å². The average molecular weight is 389 g/mol. The number of aryl methyl sites for hydroxylation is 1. The summed E-state index contributed by atoms with van der Waals surface area (Å²) < 4.78 is 19.5. The highest BCUT2D eigenvalue weighted by Crippen LogP contribution is 2.29. The van der Waals surface area contributed by atoms with Crippen LogP contribution < -0.4 is 5.32 Å². The Labute approximate surface area is 165 Å². The Morgan fingerprint density at radius 1 is 1.03 bits per heavy atom. The summed E-state index contributed by atoms with van der Waals surface area (Å²) in [6.45, 7) is 3.12. The van der Waals surface area contributed by atoms with Gasteiger partial charge in [-0.05, 0) is 44.2 Å². The first kappa shape index (κ1) is 18.5. The van der Waals surface area contributed by atoms with Crippen LogP contribution in [0.25, 0.3) is 22.4 Å². The molecule has 0 atom stereocenters. The Morgan fingerprint density at radius 2 is 1.76 bits per heavy atom. The lowest BCUT2D eigenvalue weighted by atomic mass is 10.0. The Hall–Kier alpha value is -3.87. The van der Waals surface area contributed by atoms with Crippen molar-refractivity contribution < 1.29 is 18.5 Å². The smallest absolute Gasteiger partial charge is 0.259 e. The molecule has 6 nitrogen and oxygen atoms in total. The van der Waals surface area contributed by atoms with Crippen LogP contribution in [0.1, 0.15) is 33.3 Å². The summed E-state index contributed by atoms with van der Waals surface area (Å²) >= 11 is 0. The monoisotopic (exact) mass is 389 g/mol. The van der Waals surface area contributed by atoms with Gasteiger partial charge in [0.05, 0.1) is 28.0 Å². The number of hydrogen-bond acceptors (Lipinski definition) is 5. The summed E-state index contributed by atoms with van der Waals surface area (Å²) in [5.74, 6) is -1.12. The van der Waals surface area contributed by atoms with Crippen molar-refractivity contribution in [3.63, 3.8) is 0 Å². The number of aromatic nitrogens is 2. The number of carbonyl (C=O) groups excluding carboxylic acids is 2. The van der Waals surface area contributed by atoms with E-state index in [1.807, 2.05) is 0 Å². The maximum absolute atomic E-state index is 14.3. The molecule has 29 heavy (non-hydrogen) atoms. The molecule has 7 heteroatoms. The maximum atomic E-state index is 14.3. The summed E-state index contributed by atoms with van der Waals surface area (Å²) in [7, 11) is 0. The number of pyridine rings is 1. The van der Waals surface area contributed by atoms with Gasteiger partial charge in [0.1, 0.15) is 5.82 Å². The van der Waals surface area contributed by atoms with Crippen LogP contribution in [0.2, 0.25) is 0 Å². The van der Waals surface area contributed by atoms with Crippen LogP contribution in [0.4, 0.5) is 10.1 Å². The Balaban J connectivity index is 1.85.